The first-order valence-corrected chi connectivity index (χ1v) is 11.0. The molecule has 0 bridgehead atoms. The average molecular weight is 439 g/mol. The van der Waals surface area contributed by atoms with Gasteiger partial charge in [0.2, 0.25) is 5.91 Å². The topological polar surface area (TPSA) is 58.2 Å². The van der Waals surface area contributed by atoms with Gasteiger partial charge >= 0.3 is 0 Å². The Morgan fingerprint density at radius 2 is 1.60 bits per heavy atom. The zero-order valence-electron chi connectivity index (χ0n) is 16.6. The van der Waals surface area contributed by atoms with Crippen LogP contribution in [-0.2, 0) is 11.3 Å². The van der Waals surface area contributed by atoms with Crippen LogP contribution >= 0.6 is 23.4 Å². The molecule has 0 fully saturated rings. The van der Waals surface area contributed by atoms with Crippen molar-refractivity contribution in [3.05, 3.63) is 95.0 Å². The number of para-hydroxylation sites is 1. The molecule has 0 saturated heterocycles. The van der Waals surface area contributed by atoms with Crippen molar-refractivity contribution >= 4 is 40.9 Å². The van der Waals surface area contributed by atoms with E-state index in [0.29, 0.717) is 29.2 Å². The summed E-state index contributed by atoms with van der Waals surface area (Å²) in [6, 6.07) is 24.1. The minimum Gasteiger partial charge on any atom is -0.348 e. The Labute approximate surface area is 186 Å². The van der Waals surface area contributed by atoms with Crippen LogP contribution in [0, 0.1) is 0 Å². The molecule has 0 spiro atoms. The third-order valence-corrected chi connectivity index (χ3v) is 6.11. The van der Waals surface area contributed by atoms with Crippen molar-refractivity contribution in [3.8, 4) is 0 Å². The van der Waals surface area contributed by atoms with E-state index in [4.69, 9.17) is 11.6 Å². The lowest BCUT2D eigenvalue weighted by atomic mass is 10.1. The monoisotopic (exact) mass is 438 g/mol. The molecule has 154 valence electrons. The largest absolute Gasteiger partial charge is 0.348 e. The third kappa shape index (κ3) is 6.12. The zero-order valence-corrected chi connectivity index (χ0v) is 18.2. The molecule has 3 rings (SSSR count). The highest BCUT2D eigenvalue weighted by Crippen LogP contribution is 2.28. The van der Waals surface area contributed by atoms with Gasteiger partial charge in [0.25, 0.3) is 5.91 Å². The third-order valence-electron chi connectivity index (χ3n) is 4.48. The molecule has 2 N–H and O–H groups in total. The van der Waals surface area contributed by atoms with Crippen LogP contribution < -0.4 is 10.6 Å². The van der Waals surface area contributed by atoms with Crippen LogP contribution in [0.3, 0.4) is 0 Å². The van der Waals surface area contributed by atoms with Crippen molar-refractivity contribution in [3.63, 3.8) is 0 Å². The number of amides is 2. The molecule has 2 amide bonds. The first-order valence-electron chi connectivity index (χ1n) is 9.71. The average Bonchev–Trinajstić information content (AvgIpc) is 2.78. The minimum absolute atomic E-state index is 0.138. The number of halogens is 1. The fourth-order valence-electron chi connectivity index (χ4n) is 2.88. The summed E-state index contributed by atoms with van der Waals surface area (Å²) in [4.78, 5) is 26.5. The molecule has 6 heteroatoms. The zero-order chi connectivity index (χ0) is 21.3. The fourth-order valence-corrected chi connectivity index (χ4v) is 3.96. The summed E-state index contributed by atoms with van der Waals surface area (Å²) >= 11 is 7.41. The van der Waals surface area contributed by atoms with Gasteiger partial charge in [0.1, 0.15) is 0 Å². The summed E-state index contributed by atoms with van der Waals surface area (Å²) in [5.41, 5.74) is 1.95. The van der Waals surface area contributed by atoms with Crippen molar-refractivity contribution in [2.75, 3.05) is 5.32 Å². The number of carbonyl (C=O) groups is 2. The first-order chi connectivity index (χ1) is 14.6. The number of rotatable bonds is 8. The summed E-state index contributed by atoms with van der Waals surface area (Å²) in [5, 5.41) is 6.21. The van der Waals surface area contributed by atoms with Crippen LogP contribution in [0.5, 0.6) is 0 Å². The van der Waals surface area contributed by atoms with Gasteiger partial charge in [-0.1, -0.05) is 61.0 Å². The second kappa shape index (κ2) is 10.9. The summed E-state index contributed by atoms with van der Waals surface area (Å²) in [6.07, 6.45) is 0.654. The fraction of sp³-hybridized carbons (Fsp3) is 0.167. The van der Waals surface area contributed by atoms with Gasteiger partial charge in [0.15, 0.2) is 0 Å². The Hall–Kier alpha value is -2.76. The van der Waals surface area contributed by atoms with Crippen LogP contribution in [-0.4, -0.2) is 17.1 Å². The van der Waals surface area contributed by atoms with E-state index >= 15 is 0 Å². The highest BCUT2D eigenvalue weighted by molar-refractivity contribution is 8.00. The number of nitrogens with one attached hydrogen (secondary N) is 2. The highest BCUT2D eigenvalue weighted by Gasteiger charge is 2.20. The van der Waals surface area contributed by atoms with Crippen molar-refractivity contribution in [2.24, 2.45) is 0 Å². The van der Waals surface area contributed by atoms with Gasteiger partial charge in [-0.15, -0.1) is 11.8 Å². The van der Waals surface area contributed by atoms with E-state index in [-0.39, 0.29) is 17.1 Å². The van der Waals surface area contributed by atoms with E-state index in [1.165, 1.54) is 11.8 Å². The number of carbonyl (C=O) groups excluding carboxylic acids is 2. The molecule has 0 aromatic heterocycles. The second-order valence-corrected chi connectivity index (χ2v) is 8.38. The Bertz CT molecular complexity index is 994. The molecule has 3 aromatic rings. The smallest absolute Gasteiger partial charge is 0.253 e. The Morgan fingerprint density at radius 3 is 2.30 bits per heavy atom. The van der Waals surface area contributed by atoms with Crippen LogP contribution in [0.25, 0.3) is 0 Å². The lowest BCUT2D eigenvalue weighted by Gasteiger charge is -2.17. The van der Waals surface area contributed by atoms with E-state index < -0.39 is 0 Å². The van der Waals surface area contributed by atoms with Crippen molar-refractivity contribution in [1.82, 2.24) is 5.32 Å². The Morgan fingerprint density at radius 1 is 0.933 bits per heavy atom. The van der Waals surface area contributed by atoms with Gasteiger partial charge in [-0.05, 0) is 48.4 Å². The summed E-state index contributed by atoms with van der Waals surface area (Å²) in [6.45, 7) is 2.39. The second-order valence-electron chi connectivity index (χ2n) is 6.67. The molecule has 0 aliphatic heterocycles. The molecule has 0 heterocycles. The number of hydrogen-bond donors (Lipinski definition) is 2. The lowest BCUT2D eigenvalue weighted by molar-refractivity contribution is -0.115. The SMILES string of the molecule is CCC(Sc1ccc(Cl)cc1)C(=O)Nc1ccccc1C(=O)NCc1ccccc1. The molecule has 3 aromatic carbocycles. The van der Waals surface area contributed by atoms with Crippen LogP contribution in [0.2, 0.25) is 5.02 Å². The van der Waals surface area contributed by atoms with E-state index in [9.17, 15) is 9.59 Å². The van der Waals surface area contributed by atoms with E-state index in [2.05, 4.69) is 10.6 Å². The number of hydrogen-bond acceptors (Lipinski definition) is 3. The van der Waals surface area contributed by atoms with Gasteiger partial charge in [0, 0.05) is 16.5 Å². The number of anilines is 1. The van der Waals surface area contributed by atoms with E-state index in [1.807, 2.05) is 49.4 Å². The highest BCUT2D eigenvalue weighted by atomic mass is 35.5. The minimum atomic E-state index is -0.286. The molecule has 0 aliphatic carbocycles. The molecule has 1 unspecified atom stereocenters. The Balaban J connectivity index is 1.67. The lowest BCUT2D eigenvalue weighted by Crippen LogP contribution is -2.28. The molecule has 30 heavy (non-hydrogen) atoms. The predicted molar refractivity (Wildman–Crippen MR) is 124 cm³/mol. The van der Waals surface area contributed by atoms with Gasteiger partial charge in [-0.2, -0.15) is 0 Å². The van der Waals surface area contributed by atoms with Crippen LogP contribution in [0.1, 0.15) is 29.3 Å². The summed E-state index contributed by atoms with van der Waals surface area (Å²) < 4.78 is 0. The van der Waals surface area contributed by atoms with Crippen molar-refractivity contribution < 1.29 is 9.59 Å². The predicted octanol–water partition coefficient (Wildman–Crippen LogP) is 5.78. The Kier molecular flexibility index (Phi) is 7.94. The molecule has 0 radical (unpaired) electrons. The number of thioether (sulfide) groups is 1. The molecular weight excluding hydrogens is 416 g/mol. The maximum Gasteiger partial charge on any atom is 0.253 e. The molecular formula is C24H23ClN2O2S. The van der Waals surface area contributed by atoms with E-state index in [0.717, 1.165) is 10.5 Å². The first kappa shape index (κ1) is 21.9. The van der Waals surface area contributed by atoms with Gasteiger partial charge in [-0.3, -0.25) is 9.59 Å². The molecule has 1 atom stereocenters. The van der Waals surface area contributed by atoms with Crippen molar-refractivity contribution in [2.45, 2.75) is 30.0 Å². The quantitative estimate of drug-likeness (QED) is 0.438. The maximum atomic E-state index is 12.9. The van der Waals surface area contributed by atoms with Gasteiger partial charge < -0.3 is 10.6 Å². The number of benzene rings is 3. The normalized spacial score (nSPS) is 11.5. The molecule has 4 nitrogen and oxygen atoms in total. The maximum absolute atomic E-state index is 12.9. The van der Waals surface area contributed by atoms with Gasteiger partial charge in [0.05, 0.1) is 16.5 Å². The summed E-state index contributed by atoms with van der Waals surface area (Å²) in [7, 11) is 0. The van der Waals surface area contributed by atoms with Crippen LogP contribution in [0.4, 0.5) is 5.69 Å². The molecule has 0 aliphatic rings. The van der Waals surface area contributed by atoms with Crippen molar-refractivity contribution in [1.29, 1.82) is 0 Å². The van der Waals surface area contributed by atoms with Crippen LogP contribution in [0.15, 0.2) is 83.8 Å². The standard InChI is InChI=1S/C24H23ClN2O2S/c1-2-22(30-19-14-12-18(25)13-15-19)24(29)27-21-11-7-6-10-20(21)23(28)26-16-17-8-4-3-5-9-17/h3-15,22H,2,16H2,1H3,(H,26,28)(H,27,29). The van der Waals surface area contributed by atoms with E-state index in [1.54, 1.807) is 36.4 Å². The van der Waals surface area contributed by atoms with Gasteiger partial charge in [-0.25, -0.2) is 0 Å². The molecule has 0 saturated carbocycles. The summed E-state index contributed by atoms with van der Waals surface area (Å²) in [5.74, 6) is -0.367.